The van der Waals surface area contributed by atoms with E-state index in [2.05, 4.69) is 0 Å². The van der Waals surface area contributed by atoms with Crippen LogP contribution in [-0.2, 0) is 14.8 Å². The van der Waals surface area contributed by atoms with Crippen LogP contribution in [0.15, 0.2) is 29.2 Å². The van der Waals surface area contributed by atoms with Gasteiger partial charge in [-0.25, -0.2) is 8.42 Å². The molecule has 1 aromatic rings. The van der Waals surface area contributed by atoms with Crippen molar-refractivity contribution in [1.82, 2.24) is 4.31 Å². The Balaban J connectivity index is 2.34. The second-order valence-electron chi connectivity index (χ2n) is 5.69. The van der Waals surface area contributed by atoms with Gasteiger partial charge in [0.25, 0.3) is 0 Å². The van der Waals surface area contributed by atoms with E-state index < -0.39 is 21.7 Å². The van der Waals surface area contributed by atoms with Crippen LogP contribution in [0.5, 0.6) is 0 Å². The van der Waals surface area contributed by atoms with Crippen molar-refractivity contribution < 1.29 is 18.3 Å². The quantitative estimate of drug-likeness (QED) is 0.919. The number of ether oxygens (including phenoxy) is 1. The van der Waals surface area contributed by atoms with Crippen LogP contribution in [0.1, 0.15) is 32.4 Å². The first-order valence-electron chi connectivity index (χ1n) is 6.64. The number of nitrogens with zero attached hydrogens (tertiary/aromatic N) is 1. The van der Waals surface area contributed by atoms with Gasteiger partial charge >= 0.3 is 0 Å². The lowest BCUT2D eigenvalue weighted by atomic mass is 10.1. The minimum absolute atomic E-state index is 0.247. The lowest BCUT2D eigenvalue weighted by Gasteiger charge is -2.40. The number of rotatable bonds is 3. The molecule has 0 aliphatic carbocycles. The van der Waals surface area contributed by atoms with Crippen molar-refractivity contribution in [3.8, 4) is 0 Å². The average molecular weight is 299 g/mol. The maximum atomic E-state index is 12.7. The molecule has 1 unspecified atom stereocenters. The van der Waals surface area contributed by atoms with Gasteiger partial charge in [0.05, 0.1) is 29.8 Å². The molecule has 0 aromatic heterocycles. The second-order valence-corrected chi connectivity index (χ2v) is 7.55. The first kappa shape index (κ1) is 15.4. The summed E-state index contributed by atoms with van der Waals surface area (Å²) < 4.78 is 32.2. The molecule has 1 aromatic carbocycles. The maximum absolute atomic E-state index is 12.7. The molecule has 0 radical (unpaired) electrons. The zero-order valence-corrected chi connectivity index (χ0v) is 12.9. The van der Waals surface area contributed by atoms with E-state index in [1.54, 1.807) is 31.2 Å². The monoisotopic (exact) mass is 299 g/mol. The zero-order valence-electron chi connectivity index (χ0n) is 12.0. The predicted molar refractivity (Wildman–Crippen MR) is 75.9 cm³/mol. The predicted octanol–water partition coefficient (Wildman–Crippen LogP) is 1.54. The van der Waals surface area contributed by atoms with Gasteiger partial charge in [-0.1, -0.05) is 12.1 Å². The van der Waals surface area contributed by atoms with Crippen molar-refractivity contribution in [2.24, 2.45) is 0 Å². The van der Waals surface area contributed by atoms with Crippen LogP contribution in [0.3, 0.4) is 0 Å². The molecule has 1 heterocycles. The highest BCUT2D eigenvalue weighted by molar-refractivity contribution is 7.89. The number of hydrogen-bond donors (Lipinski definition) is 1. The van der Waals surface area contributed by atoms with Gasteiger partial charge in [-0.3, -0.25) is 0 Å². The van der Waals surface area contributed by atoms with E-state index in [0.717, 1.165) is 0 Å². The van der Waals surface area contributed by atoms with E-state index in [4.69, 9.17) is 4.74 Å². The fraction of sp³-hybridized carbons (Fsp3) is 0.571. The summed E-state index contributed by atoms with van der Waals surface area (Å²) in [5.74, 6) is 0. The summed E-state index contributed by atoms with van der Waals surface area (Å²) in [5.41, 5.74) is 0.144. The fourth-order valence-corrected chi connectivity index (χ4v) is 4.09. The molecule has 0 saturated carbocycles. The molecular weight excluding hydrogens is 278 g/mol. The van der Waals surface area contributed by atoms with E-state index in [9.17, 15) is 13.5 Å². The van der Waals surface area contributed by atoms with E-state index in [1.165, 1.54) is 4.31 Å². The normalized spacial score (nSPS) is 21.6. The molecule has 0 amide bonds. The molecule has 1 saturated heterocycles. The van der Waals surface area contributed by atoms with Gasteiger partial charge < -0.3 is 9.84 Å². The minimum Gasteiger partial charge on any atom is -0.389 e. The van der Waals surface area contributed by atoms with Crippen LogP contribution in [-0.4, -0.2) is 43.1 Å². The standard InChI is InChI=1S/C14H21NO4S/c1-11(16)12-4-6-13(7-5-12)20(17,18)15-8-9-19-10-14(15,2)3/h4-7,11,16H,8-10H2,1-3H3. The van der Waals surface area contributed by atoms with Gasteiger partial charge in [0, 0.05) is 6.54 Å². The van der Waals surface area contributed by atoms with Crippen molar-refractivity contribution in [2.75, 3.05) is 19.8 Å². The highest BCUT2D eigenvalue weighted by Gasteiger charge is 2.39. The number of morpholine rings is 1. The maximum Gasteiger partial charge on any atom is 0.243 e. The Kier molecular flexibility index (Phi) is 4.20. The van der Waals surface area contributed by atoms with Gasteiger partial charge in [0.2, 0.25) is 10.0 Å². The molecule has 1 fully saturated rings. The van der Waals surface area contributed by atoms with Crippen LogP contribution in [0.4, 0.5) is 0 Å². The average Bonchev–Trinajstić information content (AvgIpc) is 2.38. The van der Waals surface area contributed by atoms with Gasteiger partial charge in [0.1, 0.15) is 0 Å². The molecule has 20 heavy (non-hydrogen) atoms. The molecule has 6 heteroatoms. The molecule has 1 aliphatic rings. The summed E-state index contributed by atoms with van der Waals surface area (Å²) in [6.45, 7) is 6.51. The number of benzene rings is 1. The summed E-state index contributed by atoms with van der Waals surface area (Å²) in [6.07, 6.45) is -0.605. The van der Waals surface area contributed by atoms with Crippen LogP contribution < -0.4 is 0 Å². The first-order chi connectivity index (χ1) is 9.25. The number of hydrogen-bond acceptors (Lipinski definition) is 4. The molecule has 5 nitrogen and oxygen atoms in total. The van der Waals surface area contributed by atoms with Crippen LogP contribution in [0.25, 0.3) is 0 Å². The van der Waals surface area contributed by atoms with E-state index in [-0.39, 0.29) is 4.90 Å². The largest absolute Gasteiger partial charge is 0.389 e. The Labute approximate surface area is 120 Å². The Morgan fingerprint density at radius 2 is 1.90 bits per heavy atom. The Hall–Kier alpha value is -0.950. The molecule has 0 spiro atoms. The summed E-state index contributed by atoms with van der Waals surface area (Å²) >= 11 is 0. The third kappa shape index (κ3) is 2.88. The molecule has 1 aliphatic heterocycles. The SMILES string of the molecule is CC(O)c1ccc(S(=O)(=O)N2CCOCC2(C)C)cc1. The summed E-state index contributed by atoms with van der Waals surface area (Å²) in [5, 5.41) is 9.47. The van der Waals surface area contributed by atoms with Crippen LogP contribution >= 0.6 is 0 Å². The Morgan fingerprint density at radius 3 is 2.40 bits per heavy atom. The second kappa shape index (κ2) is 5.44. The van der Waals surface area contributed by atoms with Gasteiger partial charge in [-0.2, -0.15) is 4.31 Å². The smallest absolute Gasteiger partial charge is 0.243 e. The van der Waals surface area contributed by atoms with E-state index in [0.29, 0.717) is 25.3 Å². The van der Waals surface area contributed by atoms with E-state index >= 15 is 0 Å². The van der Waals surface area contributed by atoms with Gasteiger partial charge in [0.15, 0.2) is 0 Å². The highest BCUT2D eigenvalue weighted by Crippen LogP contribution is 2.28. The lowest BCUT2D eigenvalue weighted by Crippen LogP contribution is -2.55. The topological polar surface area (TPSA) is 66.8 Å². The van der Waals surface area contributed by atoms with Crippen molar-refractivity contribution in [3.05, 3.63) is 29.8 Å². The third-order valence-electron chi connectivity index (χ3n) is 3.52. The molecule has 112 valence electrons. The number of aliphatic hydroxyl groups is 1. The minimum atomic E-state index is -3.54. The van der Waals surface area contributed by atoms with Crippen molar-refractivity contribution in [1.29, 1.82) is 0 Å². The van der Waals surface area contributed by atoms with Gasteiger partial charge in [-0.15, -0.1) is 0 Å². The Bertz CT molecular complexity index is 563. The summed E-state index contributed by atoms with van der Waals surface area (Å²) in [6, 6.07) is 6.38. The molecule has 1 N–H and O–H groups in total. The lowest BCUT2D eigenvalue weighted by molar-refractivity contribution is -0.00771. The van der Waals surface area contributed by atoms with E-state index in [1.807, 2.05) is 13.8 Å². The molecular formula is C14H21NO4S. The zero-order chi connectivity index (χ0) is 15.0. The third-order valence-corrected chi connectivity index (χ3v) is 5.64. The van der Waals surface area contributed by atoms with Gasteiger partial charge in [-0.05, 0) is 38.5 Å². The molecule has 2 rings (SSSR count). The molecule has 0 bridgehead atoms. The summed E-state index contributed by atoms with van der Waals surface area (Å²) in [4.78, 5) is 0.247. The van der Waals surface area contributed by atoms with Crippen molar-refractivity contribution in [2.45, 2.75) is 37.3 Å². The number of sulfonamides is 1. The van der Waals surface area contributed by atoms with Crippen molar-refractivity contribution >= 4 is 10.0 Å². The van der Waals surface area contributed by atoms with Crippen LogP contribution in [0.2, 0.25) is 0 Å². The first-order valence-corrected chi connectivity index (χ1v) is 8.08. The Morgan fingerprint density at radius 1 is 1.30 bits per heavy atom. The summed E-state index contributed by atoms with van der Waals surface area (Å²) in [7, 11) is -3.54. The number of aliphatic hydroxyl groups excluding tert-OH is 1. The van der Waals surface area contributed by atoms with Crippen LogP contribution in [0, 0.1) is 0 Å². The molecule has 1 atom stereocenters. The van der Waals surface area contributed by atoms with Crippen molar-refractivity contribution in [3.63, 3.8) is 0 Å². The fourth-order valence-electron chi connectivity index (χ4n) is 2.34. The highest BCUT2D eigenvalue weighted by atomic mass is 32.2.